The molecule has 0 aromatic rings. The Morgan fingerprint density at radius 3 is 2.80 bits per heavy atom. The van der Waals surface area contributed by atoms with Crippen molar-refractivity contribution in [1.29, 1.82) is 0 Å². The summed E-state index contributed by atoms with van der Waals surface area (Å²) in [6.07, 6.45) is 1.00. The van der Waals surface area contributed by atoms with E-state index in [9.17, 15) is 9.59 Å². The largest absolute Gasteiger partial charge is 0.480 e. The lowest BCUT2D eigenvalue weighted by atomic mass is 9.83. The van der Waals surface area contributed by atoms with E-state index in [-0.39, 0.29) is 12.0 Å². The van der Waals surface area contributed by atoms with E-state index in [1.54, 1.807) is 0 Å². The summed E-state index contributed by atoms with van der Waals surface area (Å²) < 4.78 is 5.47. The van der Waals surface area contributed by atoms with E-state index >= 15 is 0 Å². The first kappa shape index (κ1) is 12.0. The van der Waals surface area contributed by atoms with E-state index in [1.807, 2.05) is 13.8 Å². The average molecular weight is 215 g/mol. The minimum absolute atomic E-state index is 0.109. The molecule has 0 aliphatic carbocycles. The van der Waals surface area contributed by atoms with Gasteiger partial charge in [-0.2, -0.15) is 0 Å². The third-order valence-electron chi connectivity index (χ3n) is 2.90. The van der Waals surface area contributed by atoms with Gasteiger partial charge in [0, 0.05) is 19.4 Å². The summed E-state index contributed by atoms with van der Waals surface area (Å²) in [7, 11) is 0. The molecular weight excluding hydrogens is 198 g/mol. The maximum Gasteiger partial charge on any atom is 0.329 e. The lowest BCUT2D eigenvalue weighted by Crippen LogP contribution is -2.57. The molecule has 1 saturated heterocycles. The number of nitrogens with one attached hydrogen (secondary N) is 1. The SMILES string of the molecule is CC(C)C1CC(NC=O)(C(=O)O)CCO1. The zero-order valence-corrected chi connectivity index (χ0v) is 9.03. The van der Waals surface area contributed by atoms with Crippen LogP contribution >= 0.6 is 0 Å². The first-order chi connectivity index (χ1) is 7.02. The van der Waals surface area contributed by atoms with Gasteiger partial charge in [0.25, 0.3) is 0 Å². The van der Waals surface area contributed by atoms with Crippen molar-refractivity contribution in [1.82, 2.24) is 5.32 Å². The summed E-state index contributed by atoms with van der Waals surface area (Å²) in [5.74, 6) is -0.735. The van der Waals surface area contributed by atoms with Crippen molar-refractivity contribution in [2.75, 3.05) is 6.61 Å². The second kappa shape index (κ2) is 4.61. The zero-order valence-electron chi connectivity index (χ0n) is 9.03. The summed E-state index contributed by atoms with van der Waals surface area (Å²) in [6, 6.07) is 0. The zero-order chi connectivity index (χ0) is 11.5. The quantitative estimate of drug-likeness (QED) is 0.665. The molecule has 1 fully saturated rings. The molecule has 1 aliphatic heterocycles. The van der Waals surface area contributed by atoms with E-state index in [0.717, 1.165) is 0 Å². The van der Waals surface area contributed by atoms with Crippen LogP contribution in [0.15, 0.2) is 0 Å². The van der Waals surface area contributed by atoms with Crippen molar-refractivity contribution in [3.05, 3.63) is 0 Å². The van der Waals surface area contributed by atoms with Gasteiger partial charge in [-0.15, -0.1) is 0 Å². The Labute approximate surface area is 88.8 Å². The number of amides is 1. The van der Waals surface area contributed by atoms with Gasteiger partial charge in [0.05, 0.1) is 6.10 Å². The molecule has 1 amide bonds. The van der Waals surface area contributed by atoms with Crippen LogP contribution in [-0.2, 0) is 14.3 Å². The van der Waals surface area contributed by atoms with Crippen LogP contribution in [0.1, 0.15) is 26.7 Å². The maximum absolute atomic E-state index is 11.2. The monoisotopic (exact) mass is 215 g/mol. The van der Waals surface area contributed by atoms with Crippen LogP contribution in [0.25, 0.3) is 0 Å². The van der Waals surface area contributed by atoms with Gasteiger partial charge in [-0.05, 0) is 5.92 Å². The molecule has 1 aliphatic rings. The van der Waals surface area contributed by atoms with Crippen molar-refractivity contribution < 1.29 is 19.4 Å². The molecule has 2 unspecified atom stereocenters. The highest BCUT2D eigenvalue weighted by Crippen LogP contribution is 2.28. The lowest BCUT2D eigenvalue weighted by Gasteiger charge is -2.38. The predicted octanol–water partition coefficient (Wildman–Crippen LogP) is 0.391. The molecule has 15 heavy (non-hydrogen) atoms. The maximum atomic E-state index is 11.2. The highest BCUT2D eigenvalue weighted by molar-refractivity contribution is 5.81. The Balaban J connectivity index is 2.79. The summed E-state index contributed by atoms with van der Waals surface area (Å²) in [5, 5.41) is 11.6. The number of carboxylic acids is 1. The van der Waals surface area contributed by atoms with E-state index in [2.05, 4.69) is 5.32 Å². The number of ether oxygens (including phenoxy) is 1. The highest BCUT2D eigenvalue weighted by atomic mass is 16.5. The van der Waals surface area contributed by atoms with Crippen molar-refractivity contribution >= 4 is 12.4 Å². The lowest BCUT2D eigenvalue weighted by molar-refractivity contribution is -0.154. The molecule has 1 rings (SSSR count). The second-order valence-corrected chi connectivity index (χ2v) is 4.26. The van der Waals surface area contributed by atoms with Gasteiger partial charge in [0.15, 0.2) is 0 Å². The van der Waals surface area contributed by atoms with Crippen LogP contribution in [0, 0.1) is 5.92 Å². The van der Waals surface area contributed by atoms with Crippen molar-refractivity contribution in [2.24, 2.45) is 5.92 Å². The molecule has 0 aromatic heterocycles. The van der Waals surface area contributed by atoms with E-state index in [4.69, 9.17) is 9.84 Å². The van der Waals surface area contributed by atoms with Gasteiger partial charge in [-0.25, -0.2) is 4.79 Å². The molecule has 1 heterocycles. The molecule has 5 heteroatoms. The molecule has 2 atom stereocenters. The number of rotatable bonds is 4. The topological polar surface area (TPSA) is 75.6 Å². The molecule has 86 valence electrons. The molecule has 0 spiro atoms. The molecular formula is C10H17NO4. The number of hydrogen-bond acceptors (Lipinski definition) is 3. The first-order valence-corrected chi connectivity index (χ1v) is 5.08. The van der Waals surface area contributed by atoms with Crippen LogP contribution in [0.3, 0.4) is 0 Å². The fourth-order valence-corrected chi connectivity index (χ4v) is 1.82. The third kappa shape index (κ3) is 2.47. The Morgan fingerprint density at radius 1 is 1.67 bits per heavy atom. The Hall–Kier alpha value is -1.10. The summed E-state index contributed by atoms with van der Waals surface area (Å²) in [5.41, 5.74) is -1.14. The number of carbonyl (C=O) groups is 2. The van der Waals surface area contributed by atoms with Crippen molar-refractivity contribution in [3.8, 4) is 0 Å². The van der Waals surface area contributed by atoms with Gasteiger partial charge in [-0.3, -0.25) is 4.79 Å². The summed E-state index contributed by atoms with van der Waals surface area (Å²) in [4.78, 5) is 21.6. The minimum Gasteiger partial charge on any atom is -0.480 e. The van der Waals surface area contributed by atoms with Crippen LogP contribution in [0.4, 0.5) is 0 Å². The molecule has 0 bridgehead atoms. The number of aliphatic carboxylic acids is 1. The van der Waals surface area contributed by atoms with Gasteiger partial charge in [0.1, 0.15) is 5.54 Å². The van der Waals surface area contributed by atoms with E-state index in [0.29, 0.717) is 25.9 Å². The van der Waals surface area contributed by atoms with Crippen LogP contribution in [-0.4, -0.2) is 35.7 Å². The fraction of sp³-hybridized carbons (Fsp3) is 0.800. The minimum atomic E-state index is -1.14. The van der Waals surface area contributed by atoms with Crippen LogP contribution in [0.2, 0.25) is 0 Å². The van der Waals surface area contributed by atoms with E-state index < -0.39 is 11.5 Å². The average Bonchev–Trinajstić information content (AvgIpc) is 2.18. The normalized spacial score (nSPS) is 31.3. The van der Waals surface area contributed by atoms with Gasteiger partial charge < -0.3 is 15.2 Å². The smallest absolute Gasteiger partial charge is 0.329 e. The first-order valence-electron chi connectivity index (χ1n) is 5.08. The Kier molecular flexibility index (Phi) is 3.68. The standard InChI is InChI=1S/C10H17NO4/c1-7(2)8-5-10(9(13)14,11-6-12)3-4-15-8/h6-8H,3-5H2,1-2H3,(H,11,12)(H,13,14). The molecule has 0 aromatic carbocycles. The van der Waals surface area contributed by atoms with Crippen LogP contribution < -0.4 is 5.32 Å². The molecule has 5 nitrogen and oxygen atoms in total. The summed E-state index contributed by atoms with van der Waals surface area (Å²) >= 11 is 0. The molecule has 2 N–H and O–H groups in total. The Morgan fingerprint density at radius 2 is 2.33 bits per heavy atom. The van der Waals surface area contributed by atoms with Crippen molar-refractivity contribution in [2.45, 2.75) is 38.3 Å². The number of carboxylic acid groups (broad SMARTS) is 1. The number of hydrogen-bond donors (Lipinski definition) is 2. The van der Waals surface area contributed by atoms with Gasteiger partial charge in [-0.1, -0.05) is 13.8 Å². The van der Waals surface area contributed by atoms with Gasteiger partial charge in [0.2, 0.25) is 6.41 Å². The predicted molar refractivity (Wildman–Crippen MR) is 53.4 cm³/mol. The highest BCUT2D eigenvalue weighted by Gasteiger charge is 2.44. The molecule has 0 radical (unpaired) electrons. The third-order valence-corrected chi connectivity index (χ3v) is 2.90. The Bertz CT molecular complexity index is 254. The van der Waals surface area contributed by atoms with Gasteiger partial charge >= 0.3 is 5.97 Å². The summed E-state index contributed by atoms with van der Waals surface area (Å²) in [6.45, 7) is 4.32. The number of carbonyl (C=O) groups excluding carboxylic acids is 1. The van der Waals surface area contributed by atoms with E-state index in [1.165, 1.54) is 0 Å². The van der Waals surface area contributed by atoms with Crippen LogP contribution in [0.5, 0.6) is 0 Å². The van der Waals surface area contributed by atoms with Crippen molar-refractivity contribution in [3.63, 3.8) is 0 Å². The fourth-order valence-electron chi connectivity index (χ4n) is 1.82. The molecule has 0 saturated carbocycles. The second-order valence-electron chi connectivity index (χ2n) is 4.26.